The van der Waals surface area contributed by atoms with Crippen LogP contribution in [0.4, 0.5) is 17.1 Å². The summed E-state index contributed by atoms with van der Waals surface area (Å²) in [6, 6.07) is 44.3. The van der Waals surface area contributed by atoms with Gasteiger partial charge in [0.2, 0.25) is 0 Å². The molecule has 0 heterocycles. The van der Waals surface area contributed by atoms with Gasteiger partial charge in [0.15, 0.2) is 0 Å². The van der Waals surface area contributed by atoms with Crippen LogP contribution < -0.4 is 4.90 Å². The predicted molar refractivity (Wildman–Crippen MR) is 196 cm³/mol. The van der Waals surface area contributed by atoms with Gasteiger partial charge in [-0.05, 0) is 118 Å². The lowest BCUT2D eigenvalue weighted by Gasteiger charge is -2.29. The van der Waals surface area contributed by atoms with Crippen LogP contribution in [0.1, 0.15) is 112 Å². The monoisotopic (exact) mass is 601 g/mol. The Morgan fingerprint density at radius 1 is 0.457 bits per heavy atom. The molecule has 5 aromatic rings. The molecule has 2 fully saturated rings. The van der Waals surface area contributed by atoms with E-state index in [0.29, 0.717) is 5.92 Å². The second kappa shape index (κ2) is 12.3. The van der Waals surface area contributed by atoms with Crippen molar-refractivity contribution in [2.75, 3.05) is 4.90 Å². The number of fused-ring (bicyclic) bond motifs is 3. The minimum Gasteiger partial charge on any atom is -0.310 e. The summed E-state index contributed by atoms with van der Waals surface area (Å²) in [5.74, 6) is 1.44. The third kappa shape index (κ3) is 5.38. The molecule has 0 aromatic heterocycles. The van der Waals surface area contributed by atoms with E-state index < -0.39 is 0 Å². The largest absolute Gasteiger partial charge is 0.310 e. The van der Waals surface area contributed by atoms with Crippen LogP contribution >= 0.6 is 0 Å². The van der Waals surface area contributed by atoms with Crippen molar-refractivity contribution in [1.82, 2.24) is 0 Å². The number of rotatable bonds is 6. The van der Waals surface area contributed by atoms with Crippen LogP contribution in [0.5, 0.6) is 0 Å². The molecular formula is C45H47N. The maximum absolute atomic E-state index is 2.48. The molecule has 0 unspecified atom stereocenters. The van der Waals surface area contributed by atoms with Gasteiger partial charge in [0.05, 0.1) is 0 Å². The van der Waals surface area contributed by atoms with E-state index in [4.69, 9.17) is 0 Å². The Labute approximate surface area is 276 Å². The third-order valence-electron chi connectivity index (χ3n) is 11.5. The van der Waals surface area contributed by atoms with E-state index in [2.05, 4.69) is 134 Å². The molecule has 2 saturated carbocycles. The van der Waals surface area contributed by atoms with Crippen molar-refractivity contribution in [3.8, 4) is 22.3 Å². The molecule has 0 saturated heterocycles. The van der Waals surface area contributed by atoms with Gasteiger partial charge in [0.25, 0.3) is 0 Å². The first-order valence-electron chi connectivity index (χ1n) is 17.9. The van der Waals surface area contributed by atoms with Crippen molar-refractivity contribution in [1.29, 1.82) is 0 Å². The Bertz CT molecular complexity index is 1810. The SMILES string of the molecule is CC1(C)c2ccccc2-c2ccc(N(c3ccc(C4CCCCC4)cc3)c3cccc(-c4ccc(C5CCCCC5)cc4)c3)cc21. The molecule has 3 aliphatic carbocycles. The molecule has 46 heavy (non-hydrogen) atoms. The lowest BCUT2D eigenvalue weighted by molar-refractivity contribution is 0.443. The molecule has 8 rings (SSSR count). The highest BCUT2D eigenvalue weighted by molar-refractivity contribution is 5.86. The Hall–Kier alpha value is -4.10. The van der Waals surface area contributed by atoms with E-state index in [-0.39, 0.29) is 5.41 Å². The average molecular weight is 602 g/mol. The van der Waals surface area contributed by atoms with Gasteiger partial charge in [0.1, 0.15) is 0 Å². The number of benzene rings is 5. The molecule has 5 aromatic carbocycles. The van der Waals surface area contributed by atoms with Crippen LogP contribution in [0, 0.1) is 0 Å². The second-order valence-corrected chi connectivity index (χ2v) is 14.7. The van der Waals surface area contributed by atoms with Crippen LogP contribution in [0.15, 0.2) is 115 Å². The van der Waals surface area contributed by atoms with Gasteiger partial charge >= 0.3 is 0 Å². The Morgan fingerprint density at radius 2 is 1.02 bits per heavy atom. The van der Waals surface area contributed by atoms with E-state index >= 15 is 0 Å². The molecule has 0 bridgehead atoms. The van der Waals surface area contributed by atoms with Crippen molar-refractivity contribution >= 4 is 17.1 Å². The number of nitrogens with zero attached hydrogens (tertiary/aromatic N) is 1. The molecule has 1 heteroatoms. The molecule has 0 atom stereocenters. The zero-order valence-corrected chi connectivity index (χ0v) is 27.6. The van der Waals surface area contributed by atoms with Crippen molar-refractivity contribution in [3.63, 3.8) is 0 Å². The summed E-state index contributed by atoms with van der Waals surface area (Å²) in [5.41, 5.74) is 14.7. The van der Waals surface area contributed by atoms with Crippen molar-refractivity contribution in [2.45, 2.75) is 95.3 Å². The number of anilines is 3. The van der Waals surface area contributed by atoms with Gasteiger partial charge in [-0.25, -0.2) is 0 Å². The first-order chi connectivity index (χ1) is 22.6. The van der Waals surface area contributed by atoms with E-state index in [0.717, 1.165) is 5.92 Å². The smallest absolute Gasteiger partial charge is 0.0467 e. The van der Waals surface area contributed by atoms with E-state index in [9.17, 15) is 0 Å². The molecule has 1 nitrogen and oxygen atoms in total. The summed E-state index contributed by atoms with van der Waals surface area (Å²) >= 11 is 0. The summed E-state index contributed by atoms with van der Waals surface area (Å²) in [7, 11) is 0. The highest BCUT2D eigenvalue weighted by atomic mass is 15.1. The molecule has 0 spiro atoms. The summed E-state index contributed by atoms with van der Waals surface area (Å²) in [5, 5.41) is 0. The lowest BCUT2D eigenvalue weighted by Crippen LogP contribution is -2.16. The minimum atomic E-state index is -0.0413. The van der Waals surface area contributed by atoms with Gasteiger partial charge in [-0.15, -0.1) is 0 Å². The van der Waals surface area contributed by atoms with Crippen molar-refractivity contribution in [2.24, 2.45) is 0 Å². The predicted octanol–water partition coefficient (Wildman–Crippen LogP) is 13.2. The first-order valence-corrected chi connectivity index (χ1v) is 17.9. The standard InChI is InChI=1S/C45H47N/c1-45(2)43-19-10-9-18-41(43)42-29-28-40(31-44(42)45)46(38-26-24-35(25-27-38)33-14-7-4-8-15-33)39-17-11-16-37(30-39)36-22-20-34(21-23-36)32-12-5-3-6-13-32/h9-11,16-33H,3-8,12-15H2,1-2H3. The number of hydrogen-bond acceptors (Lipinski definition) is 1. The van der Waals surface area contributed by atoms with Gasteiger partial charge in [0, 0.05) is 22.5 Å². The van der Waals surface area contributed by atoms with Crippen LogP contribution in [0.2, 0.25) is 0 Å². The minimum absolute atomic E-state index is 0.0413. The van der Waals surface area contributed by atoms with Crippen LogP contribution in [0.25, 0.3) is 22.3 Å². The van der Waals surface area contributed by atoms with Crippen LogP contribution in [-0.4, -0.2) is 0 Å². The van der Waals surface area contributed by atoms with E-state index in [1.54, 1.807) is 0 Å². The summed E-state index contributed by atoms with van der Waals surface area (Å²) in [6.45, 7) is 4.75. The Balaban J connectivity index is 1.18. The molecule has 232 valence electrons. The molecular weight excluding hydrogens is 555 g/mol. The summed E-state index contributed by atoms with van der Waals surface area (Å²) in [6.07, 6.45) is 13.6. The Morgan fingerprint density at radius 3 is 1.70 bits per heavy atom. The molecule has 3 aliphatic rings. The van der Waals surface area contributed by atoms with E-state index in [1.807, 2.05) is 0 Å². The zero-order chi connectivity index (χ0) is 31.1. The zero-order valence-electron chi connectivity index (χ0n) is 27.6. The maximum Gasteiger partial charge on any atom is 0.0467 e. The fraction of sp³-hybridized carbons (Fsp3) is 0.333. The van der Waals surface area contributed by atoms with Crippen LogP contribution in [-0.2, 0) is 5.41 Å². The number of hydrogen-bond donors (Lipinski definition) is 0. The maximum atomic E-state index is 2.48. The molecule has 0 radical (unpaired) electrons. The summed E-state index contributed by atoms with van der Waals surface area (Å²) < 4.78 is 0. The quantitative estimate of drug-likeness (QED) is 0.187. The van der Waals surface area contributed by atoms with Gasteiger partial charge in [-0.3, -0.25) is 0 Å². The normalized spacial score (nSPS) is 17.8. The first kappa shape index (κ1) is 29.3. The van der Waals surface area contributed by atoms with Crippen LogP contribution in [0.3, 0.4) is 0 Å². The third-order valence-corrected chi connectivity index (χ3v) is 11.5. The van der Waals surface area contributed by atoms with Crippen molar-refractivity contribution in [3.05, 3.63) is 138 Å². The molecule has 0 amide bonds. The second-order valence-electron chi connectivity index (χ2n) is 14.7. The van der Waals surface area contributed by atoms with E-state index in [1.165, 1.54) is 126 Å². The van der Waals surface area contributed by atoms with Crippen molar-refractivity contribution < 1.29 is 0 Å². The average Bonchev–Trinajstić information content (AvgIpc) is 3.35. The molecule has 0 aliphatic heterocycles. The van der Waals surface area contributed by atoms with Gasteiger partial charge < -0.3 is 4.90 Å². The van der Waals surface area contributed by atoms with Gasteiger partial charge in [-0.1, -0.05) is 131 Å². The van der Waals surface area contributed by atoms with Gasteiger partial charge in [-0.2, -0.15) is 0 Å². The fourth-order valence-corrected chi connectivity index (χ4v) is 8.82. The topological polar surface area (TPSA) is 3.24 Å². The summed E-state index contributed by atoms with van der Waals surface area (Å²) in [4.78, 5) is 2.48. The highest BCUT2D eigenvalue weighted by Gasteiger charge is 2.35. The molecule has 0 N–H and O–H groups in total. The fourth-order valence-electron chi connectivity index (χ4n) is 8.82. The highest BCUT2D eigenvalue weighted by Crippen LogP contribution is 2.51. The lowest BCUT2D eigenvalue weighted by atomic mass is 9.82. The Kier molecular flexibility index (Phi) is 7.81.